The van der Waals surface area contributed by atoms with Crippen LogP contribution in [-0.2, 0) is 5.41 Å². The SMILES string of the molecule is c1ccc(C2=NC(c3ccc(-c4cccc5c4-c4ccccc4C54c5ccccc5Oc5ccccc54)cc3)NC(c3cccc4ccccc34)N2)cc1. The highest BCUT2D eigenvalue weighted by Gasteiger charge is 2.51. The monoisotopic (exact) mass is 693 g/mol. The van der Waals surface area contributed by atoms with Gasteiger partial charge >= 0.3 is 0 Å². The number of ether oxygens (including phenoxy) is 1. The Morgan fingerprint density at radius 1 is 0.481 bits per heavy atom. The highest BCUT2D eigenvalue weighted by molar-refractivity contribution is 6.00. The second-order valence-corrected chi connectivity index (χ2v) is 14.3. The Balaban J connectivity index is 1.03. The number of amidine groups is 1. The van der Waals surface area contributed by atoms with E-state index >= 15 is 0 Å². The van der Waals surface area contributed by atoms with Gasteiger partial charge in [0.2, 0.25) is 0 Å². The number of rotatable bonds is 4. The molecule has 11 rings (SSSR count). The summed E-state index contributed by atoms with van der Waals surface area (Å²) in [5, 5.41) is 10.0. The van der Waals surface area contributed by atoms with Gasteiger partial charge in [-0.25, -0.2) is 4.99 Å². The van der Waals surface area contributed by atoms with Gasteiger partial charge in [0.15, 0.2) is 0 Å². The molecule has 8 aromatic rings. The molecule has 4 nitrogen and oxygen atoms in total. The summed E-state index contributed by atoms with van der Waals surface area (Å²) in [6.07, 6.45) is -0.385. The second kappa shape index (κ2) is 12.2. The number of benzene rings is 8. The van der Waals surface area contributed by atoms with Crippen molar-refractivity contribution in [2.75, 3.05) is 0 Å². The molecule has 4 heteroatoms. The van der Waals surface area contributed by atoms with Gasteiger partial charge in [0.1, 0.15) is 29.7 Å². The largest absolute Gasteiger partial charge is 0.457 e. The van der Waals surface area contributed by atoms with Gasteiger partial charge in [0.05, 0.1) is 5.41 Å². The standard InChI is InChI=1S/C50H35N3O/c1-2-15-34(16-3-1)47-51-48(53-49(52-47)38-21-12-17-32-14-4-5-18-36(32)38)35-30-28-33(29-31-35)37-20-13-25-43-46(37)39-19-6-7-22-40(39)50(43)41-23-8-10-26-44(41)54-45-27-11-9-24-42(45)50/h1-31,48-49,53H,(H,51,52). The fourth-order valence-corrected chi connectivity index (χ4v) is 9.12. The van der Waals surface area contributed by atoms with Crippen LogP contribution in [0, 0.1) is 0 Å². The maximum absolute atomic E-state index is 6.55. The number of para-hydroxylation sites is 2. The van der Waals surface area contributed by atoms with Crippen LogP contribution in [0.4, 0.5) is 0 Å². The highest BCUT2D eigenvalue weighted by Crippen LogP contribution is 2.63. The van der Waals surface area contributed by atoms with E-state index in [9.17, 15) is 0 Å². The van der Waals surface area contributed by atoms with E-state index in [4.69, 9.17) is 9.73 Å². The maximum Gasteiger partial charge on any atom is 0.132 e. The molecule has 0 amide bonds. The predicted octanol–water partition coefficient (Wildman–Crippen LogP) is 11.3. The molecule has 256 valence electrons. The first kappa shape index (κ1) is 30.8. The molecule has 2 aliphatic heterocycles. The molecule has 0 radical (unpaired) electrons. The molecule has 0 bridgehead atoms. The van der Waals surface area contributed by atoms with Crippen LogP contribution in [0.3, 0.4) is 0 Å². The number of hydrogen-bond donors (Lipinski definition) is 2. The van der Waals surface area contributed by atoms with Crippen molar-refractivity contribution in [3.05, 3.63) is 227 Å². The zero-order chi connectivity index (χ0) is 35.6. The Hall–Kier alpha value is -6.75. The van der Waals surface area contributed by atoms with Gasteiger partial charge in [-0.3, -0.25) is 5.32 Å². The molecule has 0 saturated heterocycles. The Kier molecular flexibility index (Phi) is 6.94. The summed E-state index contributed by atoms with van der Waals surface area (Å²) < 4.78 is 6.55. The van der Waals surface area contributed by atoms with Crippen molar-refractivity contribution in [2.24, 2.45) is 4.99 Å². The zero-order valence-electron chi connectivity index (χ0n) is 29.4. The Morgan fingerprint density at radius 3 is 1.89 bits per heavy atom. The van der Waals surface area contributed by atoms with Crippen molar-refractivity contribution in [1.82, 2.24) is 10.6 Å². The first-order chi connectivity index (χ1) is 26.8. The van der Waals surface area contributed by atoms with Crippen LogP contribution in [0.1, 0.15) is 51.3 Å². The molecule has 1 spiro atoms. The van der Waals surface area contributed by atoms with Gasteiger partial charge in [-0.1, -0.05) is 176 Å². The lowest BCUT2D eigenvalue weighted by atomic mass is 9.66. The zero-order valence-corrected chi connectivity index (χ0v) is 29.4. The lowest BCUT2D eigenvalue weighted by molar-refractivity contribution is 0.411. The van der Waals surface area contributed by atoms with E-state index in [1.807, 2.05) is 6.07 Å². The molecule has 8 aromatic carbocycles. The summed E-state index contributed by atoms with van der Waals surface area (Å²) in [7, 11) is 0. The van der Waals surface area contributed by atoms with Crippen LogP contribution in [0.5, 0.6) is 11.5 Å². The average Bonchev–Trinajstić information content (AvgIpc) is 3.54. The first-order valence-electron chi connectivity index (χ1n) is 18.6. The Bertz CT molecular complexity index is 2720. The molecular formula is C50H35N3O. The van der Waals surface area contributed by atoms with Crippen LogP contribution in [0.2, 0.25) is 0 Å². The van der Waals surface area contributed by atoms with E-state index in [1.165, 1.54) is 60.8 Å². The van der Waals surface area contributed by atoms with Crippen molar-refractivity contribution in [3.63, 3.8) is 0 Å². The van der Waals surface area contributed by atoms with E-state index in [2.05, 4.69) is 193 Å². The fourth-order valence-electron chi connectivity index (χ4n) is 9.12. The molecule has 1 aliphatic carbocycles. The molecule has 2 unspecified atom stereocenters. The summed E-state index contributed by atoms with van der Waals surface area (Å²) in [6.45, 7) is 0. The number of nitrogens with one attached hydrogen (secondary N) is 2. The number of fused-ring (bicyclic) bond motifs is 10. The third kappa shape index (κ3) is 4.57. The van der Waals surface area contributed by atoms with Gasteiger partial charge < -0.3 is 10.1 Å². The van der Waals surface area contributed by atoms with Crippen LogP contribution in [-0.4, -0.2) is 5.84 Å². The molecular weight excluding hydrogens is 659 g/mol. The molecule has 2 heterocycles. The average molecular weight is 694 g/mol. The minimum atomic E-state index is -0.495. The first-order valence-corrected chi connectivity index (χ1v) is 18.6. The molecule has 2 atom stereocenters. The van der Waals surface area contributed by atoms with Crippen LogP contribution in [0.25, 0.3) is 33.0 Å². The summed E-state index contributed by atoms with van der Waals surface area (Å²) in [5.41, 5.74) is 12.7. The smallest absolute Gasteiger partial charge is 0.132 e. The minimum absolute atomic E-state index is 0.135. The Morgan fingerprint density at radius 2 is 1.09 bits per heavy atom. The van der Waals surface area contributed by atoms with Gasteiger partial charge in [-0.05, 0) is 67.4 Å². The molecule has 2 N–H and O–H groups in total. The van der Waals surface area contributed by atoms with Gasteiger partial charge in [-0.2, -0.15) is 0 Å². The Labute approximate surface area is 314 Å². The van der Waals surface area contributed by atoms with Crippen molar-refractivity contribution >= 4 is 16.6 Å². The summed E-state index contributed by atoms with van der Waals surface area (Å²) in [5.74, 6) is 2.68. The van der Waals surface area contributed by atoms with E-state index in [0.717, 1.165) is 28.5 Å². The quantitative estimate of drug-likeness (QED) is 0.193. The van der Waals surface area contributed by atoms with Crippen LogP contribution >= 0.6 is 0 Å². The predicted molar refractivity (Wildman–Crippen MR) is 218 cm³/mol. The topological polar surface area (TPSA) is 45.6 Å². The number of nitrogens with zero attached hydrogens (tertiary/aromatic N) is 1. The van der Waals surface area contributed by atoms with Crippen molar-refractivity contribution in [1.29, 1.82) is 0 Å². The van der Waals surface area contributed by atoms with E-state index in [1.54, 1.807) is 0 Å². The highest BCUT2D eigenvalue weighted by atomic mass is 16.5. The van der Waals surface area contributed by atoms with Crippen LogP contribution in [0.15, 0.2) is 193 Å². The third-order valence-corrected chi connectivity index (χ3v) is 11.5. The van der Waals surface area contributed by atoms with E-state index < -0.39 is 5.41 Å². The minimum Gasteiger partial charge on any atom is -0.457 e. The third-order valence-electron chi connectivity index (χ3n) is 11.5. The van der Waals surface area contributed by atoms with E-state index in [-0.39, 0.29) is 12.3 Å². The van der Waals surface area contributed by atoms with Gasteiger partial charge in [0.25, 0.3) is 0 Å². The summed E-state index contributed by atoms with van der Waals surface area (Å²) >= 11 is 0. The second-order valence-electron chi connectivity index (χ2n) is 14.3. The number of aliphatic imine (C=N–C) groups is 1. The van der Waals surface area contributed by atoms with E-state index in [0.29, 0.717) is 0 Å². The lowest BCUT2D eigenvalue weighted by Gasteiger charge is -2.39. The lowest BCUT2D eigenvalue weighted by Crippen LogP contribution is -2.45. The molecule has 0 saturated carbocycles. The maximum atomic E-state index is 6.55. The molecule has 54 heavy (non-hydrogen) atoms. The summed E-state index contributed by atoms with van der Waals surface area (Å²) in [4.78, 5) is 5.25. The molecule has 0 aromatic heterocycles. The normalized spacial score (nSPS) is 17.4. The molecule has 0 fully saturated rings. The van der Waals surface area contributed by atoms with Crippen molar-refractivity contribution in [3.8, 4) is 33.8 Å². The van der Waals surface area contributed by atoms with Crippen LogP contribution < -0.4 is 15.4 Å². The number of hydrogen-bond acceptors (Lipinski definition) is 4. The van der Waals surface area contributed by atoms with Gasteiger partial charge in [-0.15, -0.1) is 0 Å². The fraction of sp³-hybridized carbons (Fsp3) is 0.0600. The summed E-state index contributed by atoms with van der Waals surface area (Å²) in [6, 6.07) is 67.3. The molecule has 3 aliphatic rings. The van der Waals surface area contributed by atoms with Gasteiger partial charge in [0, 0.05) is 16.7 Å². The van der Waals surface area contributed by atoms with Crippen molar-refractivity contribution < 1.29 is 4.74 Å². The van der Waals surface area contributed by atoms with Crippen molar-refractivity contribution in [2.45, 2.75) is 17.7 Å².